The first-order valence-corrected chi connectivity index (χ1v) is 9.68. The molecule has 2 N–H and O–H groups in total. The minimum absolute atomic E-state index is 0.0215. The first-order chi connectivity index (χ1) is 13.5. The summed E-state index contributed by atoms with van der Waals surface area (Å²) in [5.41, 5.74) is 1.05. The fraction of sp³-hybridized carbons (Fsp3) is 0.429. The lowest BCUT2D eigenvalue weighted by Crippen LogP contribution is -2.45. The van der Waals surface area contributed by atoms with Crippen molar-refractivity contribution in [1.29, 1.82) is 0 Å². The smallest absolute Gasteiger partial charge is 0.254 e. The van der Waals surface area contributed by atoms with Gasteiger partial charge in [-0.05, 0) is 63.8 Å². The molecule has 1 aliphatic carbocycles. The van der Waals surface area contributed by atoms with Crippen molar-refractivity contribution in [3.8, 4) is 5.75 Å². The highest BCUT2D eigenvalue weighted by Gasteiger charge is 2.25. The van der Waals surface area contributed by atoms with E-state index >= 15 is 0 Å². The van der Waals surface area contributed by atoms with Crippen molar-refractivity contribution in [2.75, 3.05) is 6.61 Å². The van der Waals surface area contributed by atoms with E-state index in [0.717, 1.165) is 25.0 Å². The summed E-state index contributed by atoms with van der Waals surface area (Å²) in [6.07, 6.45) is 6.53. The van der Waals surface area contributed by atoms with Gasteiger partial charge in [-0.15, -0.1) is 0 Å². The van der Waals surface area contributed by atoms with Crippen molar-refractivity contribution >= 4 is 11.8 Å². The Morgan fingerprint density at radius 1 is 1.00 bits per heavy atom. The van der Waals surface area contributed by atoms with Crippen molar-refractivity contribution in [1.82, 2.24) is 20.6 Å². The second-order valence-corrected chi connectivity index (χ2v) is 6.98. The van der Waals surface area contributed by atoms with Gasteiger partial charge in [0.05, 0.1) is 12.2 Å². The van der Waals surface area contributed by atoms with Gasteiger partial charge in [-0.1, -0.05) is 0 Å². The predicted molar refractivity (Wildman–Crippen MR) is 105 cm³/mol. The molecule has 1 heterocycles. The maximum atomic E-state index is 12.5. The van der Waals surface area contributed by atoms with Gasteiger partial charge in [0.1, 0.15) is 11.6 Å². The Hall–Kier alpha value is -2.96. The number of ether oxygens (including phenoxy) is 1. The lowest BCUT2D eigenvalue weighted by Gasteiger charge is -2.30. The molecule has 2 amide bonds. The summed E-state index contributed by atoms with van der Waals surface area (Å²) < 4.78 is 5.40. The average molecular weight is 382 g/mol. The molecule has 0 radical (unpaired) electrons. The third-order valence-electron chi connectivity index (χ3n) is 4.82. The third-order valence-corrected chi connectivity index (χ3v) is 4.82. The van der Waals surface area contributed by atoms with Gasteiger partial charge in [0.2, 0.25) is 0 Å². The largest absolute Gasteiger partial charge is 0.494 e. The summed E-state index contributed by atoms with van der Waals surface area (Å²) in [6.45, 7) is 4.29. The Labute approximate surface area is 164 Å². The molecule has 1 aromatic carbocycles. The molecule has 7 heteroatoms. The minimum Gasteiger partial charge on any atom is -0.494 e. The van der Waals surface area contributed by atoms with E-state index in [-0.39, 0.29) is 23.9 Å². The number of nitrogens with zero attached hydrogens (tertiary/aromatic N) is 2. The molecule has 7 nitrogen and oxygen atoms in total. The summed E-state index contributed by atoms with van der Waals surface area (Å²) in [7, 11) is 0. The van der Waals surface area contributed by atoms with Gasteiger partial charge < -0.3 is 15.4 Å². The van der Waals surface area contributed by atoms with Crippen LogP contribution in [-0.2, 0) is 0 Å². The highest BCUT2D eigenvalue weighted by Crippen LogP contribution is 2.20. The van der Waals surface area contributed by atoms with E-state index in [1.165, 1.54) is 12.4 Å². The van der Waals surface area contributed by atoms with Gasteiger partial charge >= 0.3 is 0 Å². The van der Waals surface area contributed by atoms with Gasteiger partial charge in [0.25, 0.3) is 11.8 Å². The first kappa shape index (κ1) is 19.8. The van der Waals surface area contributed by atoms with E-state index in [0.29, 0.717) is 30.0 Å². The number of carbonyl (C=O) groups is 2. The normalized spacial score (nSPS) is 18.9. The molecule has 2 atom stereocenters. The fourth-order valence-electron chi connectivity index (χ4n) is 3.37. The summed E-state index contributed by atoms with van der Waals surface area (Å²) >= 11 is 0. The molecule has 28 heavy (non-hydrogen) atoms. The van der Waals surface area contributed by atoms with Crippen LogP contribution < -0.4 is 15.4 Å². The molecule has 0 bridgehead atoms. The summed E-state index contributed by atoms with van der Waals surface area (Å²) in [5, 5.41) is 6.11. The van der Waals surface area contributed by atoms with Crippen LogP contribution in [0.3, 0.4) is 0 Å². The molecule has 1 aliphatic rings. The standard InChI is InChI=1S/C21H26N4O3/c1-3-28-19-9-7-15(8-10-19)20(26)24-17-5-4-6-18(11-17)25-21(27)16-12-22-14(2)23-13-16/h7-10,12-13,17-18H,3-6,11H2,1-2H3,(H,24,26)(H,25,27). The zero-order chi connectivity index (χ0) is 19.9. The van der Waals surface area contributed by atoms with E-state index in [1.807, 2.05) is 6.92 Å². The molecule has 1 aromatic heterocycles. The molecule has 1 fully saturated rings. The Bertz CT molecular complexity index is 805. The molecule has 0 aliphatic heterocycles. The van der Waals surface area contributed by atoms with Crippen LogP contribution in [0.1, 0.15) is 59.1 Å². The van der Waals surface area contributed by atoms with Crippen molar-refractivity contribution in [3.05, 3.63) is 53.6 Å². The minimum atomic E-state index is -0.177. The van der Waals surface area contributed by atoms with E-state index in [4.69, 9.17) is 4.74 Å². The van der Waals surface area contributed by atoms with Gasteiger partial charge in [0, 0.05) is 30.0 Å². The molecule has 1 saturated carbocycles. The summed E-state index contributed by atoms with van der Waals surface area (Å²) in [5.74, 6) is 1.10. The Morgan fingerprint density at radius 2 is 1.57 bits per heavy atom. The van der Waals surface area contributed by atoms with Crippen LogP contribution in [0, 0.1) is 6.92 Å². The highest BCUT2D eigenvalue weighted by molar-refractivity contribution is 5.95. The second-order valence-electron chi connectivity index (χ2n) is 6.98. The second kappa shape index (κ2) is 9.30. The number of nitrogens with one attached hydrogen (secondary N) is 2. The molecule has 0 saturated heterocycles. The molecule has 148 valence electrons. The van der Waals surface area contributed by atoms with Crippen LogP contribution in [0.2, 0.25) is 0 Å². The number of aromatic nitrogens is 2. The zero-order valence-electron chi connectivity index (χ0n) is 16.3. The Balaban J connectivity index is 1.53. The number of benzene rings is 1. The van der Waals surface area contributed by atoms with Crippen molar-refractivity contribution in [3.63, 3.8) is 0 Å². The zero-order valence-corrected chi connectivity index (χ0v) is 16.3. The number of amides is 2. The molecule has 2 unspecified atom stereocenters. The van der Waals surface area contributed by atoms with Crippen molar-refractivity contribution in [2.24, 2.45) is 0 Å². The van der Waals surface area contributed by atoms with Crippen LogP contribution in [0.4, 0.5) is 0 Å². The molecular weight excluding hydrogens is 356 g/mol. The monoisotopic (exact) mass is 382 g/mol. The number of hydrogen-bond acceptors (Lipinski definition) is 5. The van der Waals surface area contributed by atoms with Crippen LogP contribution >= 0.6 is 0 Å². The van der Waals surface area contributed by atoms with Crippen LogP contribution in [0.25, 0.3) is 0 Å². The maximum absolute atomic E-state index is 12.5. The number of aryl methyl sites for hydroxylation is 1. The van der Waals surface area contributed by atoms with E-state index < -0.39 is 0 Å². The fourth-order valence-corrected chi connectivity index (χ4v) is 3.37. The summed E-state index contributed by atoms with van der Waals surface area (Å²) in [4.78, 5) is 33.0. The van der Waals surface area contributed by atoms with Crippen molar-refractivity contribution < 1.29 is 14.3 Å². The SMILES string of the molecule is CCOc1ccc(C(=O)NC2CCCC(NC(=O)c3cnc(C)nc3)C2)cc1. The Kier molecular flexibility index (Phi) is 6.57. The highest BCUT2D eigenvalue weighted by atomic mass is 16.5. The van der Waals surface area contributed by atoms with E-state index in [2.05, 4.69) is 20.6 Å². The third kappa shape index (κ3) is 5.28. The van der Waals surface area contributed by atoms with Crippen LogP contribution in [0.15, 0.2) is 36.7 Å². The van der Waals surface area contributed by atoms with Gasteiger partial charge in [-0.3, -0.25) is 9.59 Å². The number of hydrogen-bond donors (Lipinski definition) is 2. The topological polar surface area (TPSA) is 93.2 Å². The van der Waals surface area contributed by atoms with Crippen LogP contribution in [0.5, 0.6) is 5.75 Å². The van der Waals surface area contributed by atoms with Crippen molar-refractivity contribution in [2.45, 2.75) is 51.6 Å². The molecule has 2 aromatic rings. The molecule has 0 spiro atoms. The summed E-state index contributed by atoms with van der Waals surface area (Å²) in [6, 6.07) is 7.18. The average Bonchev–Trinajstić information content (AvgIpc) is 2.69. The Morgan fingerprint density at radius 3 is 2.14 bits per heavy atom. The quantitative estimate of drug-likeness (QED) is 0.801. The van der Waals surface area contributed by atoms with Gasteiger partial charge in [0.15, 0.2) is 0 Å². The van der Waals surface area contributed by atoms with E-state index in [9.17, 15) is 9.59 Å². The lowest BCUT2D eigenvalue weighted by molar-refractivity contribution is 0.0902. The van der Waals surface area contributed by atoms with Crippen LogP contribution in [-0.4, -0.2) is 40.5 Å². The molecule has 3 rings (SSSR count). The predicted octanol–water partition coefficient (Wildman–Crippen LogP) is 2.65. The van der Waals surface area contributed by atoms with Gasteiger partial charge in [-0.2, -0.15) is 0 Å². The van der Waals surface area contributed by atoms with E-state index in [1.54, 1.807) is 31.2 Å². The maximum Gasteiger partial charge on any atom is 0.254 e. The first-order valence-electron chi connectivity index (χ1n) is 9.68. The molecular formula is C21H26N4O3. The number of carbonyl (C=O) groups excluding carboxylic acids is 2. The van der Waals surface area contributed by atoms with Gasteiger partial charge in [-0.25, -0.2) is 9.97 Å². The number of rotatable bonds is 6. The lowest BCUT2D eigenvalue weighted by atomic mass is 9.90.